The molecule has 1 atom stereocenters. The Hall–Kier alpha value is -1.55. The maximum atomic E-state index is 11.9. The predicted molar refractivity (Wildman–Crippen MR) is 69.7 cm³/mol. The third kappa shape index (κ3) is 4.37. The molecule has 0 aliphatic heterocycles. The standard InChI is InChI=1S/C13H16ClNO3/c1-2-15-13(18)11(7-8-12(16)17)9-3-5-10(14)6-4-9/h3-6,11H,2,7-8H2,1H3,(H,15,18)(H,16,17). The fraction of sp³-hybridized carbons (Fsp3) is 0.385. The van der Waals surface area contributed by atoms with Crippen LogP contribution < -0.4 is 5.32 Å². The molecule has 0 saturated carbocycles. The number of halogens is 1. The molecule has 2 N–H and O–H groups in total. The molecule has 1 rings (SSSR count). The van der Waals surface area contributed by atoms with Crippen molar-refractivity contribution < 1.29 is 14.7 Å². The summed E-state index contributed by atoms with van der Waals surface area (Å²) in [5.41, 5.74) is 0.784. The van der Waals surface area contributed by atoms with Crippen LogP contribution in [0.1, 0.15) is 31.2 Å². The van der Waals surface area contributed by atoms with E-state index in [2.05, 4.69) is 5.32 Å². The maximum Gasteiger partial charge on any atom is 0.303 e. The van der Waals surface area contributed by atoms with Crippen molar-refractivity contribution in [3.05, 3.63) is 34.9 Å². The molecular weight excluding hydrogens is 254 g/mol. The average molecular weight is 270 g/mol. The quantitative estimate of drug-likeness (QED) is 0.833. The number of hydrogen-bond donors (Lipinski definition) is 2. The van der Waals surface area contributed by atoms with Gasteiger partial charge in [0.05, 0.1) is 5.92 Å². The first-order valence-electron chi connectivity index (χ1n) is 5.79. The van der Waals surface area contributed by atoms with Gasteiger partial charge in [-0.3, -0.25) is 9.59 Å². The van der Waals surface area contributed by atoms with E-state index in [1.54, 1.807) is 24.3 Å². The van der Waals surface area contributed by atoms with Crippen LogP contribution in [0.25, 0.3) is 0 Å². The van der Waals surface area contributed by atoms with E-state index >= 15 is 0 Å². The third-order valence-electron chi connectivity index (χ3n) is 2.59. The van der Waals surface area contributed by atoms with Crippen molar-refractivity contribution in [3.8, 4) is 0 Å². The van der Waals surface area contributed by atoms with Gasteiger partial charge in [-0.1, -0.05) is 23.7 Å². The van der Waals surface area contributed by atoms with Gasteiger partial charge in [-0.2, -0.15) is 0 Å². The molecule has 98 valence electrons. The SMILES string of the molecule is CCNC(=O)C(CCC(=O)O)c1ccc(Cl)cc1. The van der Waals surface area contributed by atoms with Crippen molar-refractivity contribution in [1.29, 1.82) is 0 Å². The molecular formula is C13H16ClNO3. The fourth-order valence-electron chi connectivity index (χ4n) is 1.71. The topological polar surface area (TPSA) is 66.4 Å². The van der Waals surface area contributed by atoms with Crippen LogP contribution in [0.15, 0.2) is 24.3 Å². The molecule has 0 bridgehead atoms. The molecule has 0 aliphatic carbocycles. The van der Waals surface area contributed by atoms with E-state index < -0.39 is 11.9 Å². The molecule has 0 spiro atoms. The van der Waals surface area contributed by atoms with Gasteiger partial charge in [-0.05, 0) is 31.0 Å². The van der Waals surface area contributed by atoms with Crippen LogP contribution >= 0.6 is 11.6 Å². The Balaban J connectivity index is 2.85. The van der Waals surface area contributed by atoms with Crippen molar-refractivity contribution in [2.45, 2.75) is 25.7 Å². The van der Waals surface area contributed by atoms with Crippen LogP contribution in [0.2, 0.25) is 5.02 Å². The number of carbonyl (C=O) groups is 2. The second-order valence-corrected chi connectivity index (χ2v) is 4.37. The number of hydrogen-bond acceptors (Lipinski definition) is 2. The Morgan fingerprint density at radius 2 is 1.94 bits per heavy atom. The number of likely N-dealkylation sites (N-methyl/N-ethyl adjacent to an activating group) is 1. The second-order valence-electron chi connectivity index (χ2n) is 3.93. The maximum absolute atomic E-state index is 11.9. The van der Waals surface area contributed by atoms with Crippen molar-refractivity contribution in [2.24, 2.45) is 0 Å². The van der Waals surface area contributed by atoms with Crippen LogP contribution in [0.4, 0.5) is 0 Å². The lowest BCUT2D eigenvalue weighted by Crippen LogP contribution is -2.29. The molecule has 1 aromatic carbocycles. The Kier molecular flexibility index (Phi) is 5.65. The zero-order chi connectivity index (χ0) is 13.5. The van der Waals surface area contributed by atoms with Crippen LogP contribution in [-0.2, 0) is 9.59 Å². The normalized spacial score (nSPS) is 11.9. The van der Waals surface area contributed by atoms with E-state index in [4.69, 9.17) is 16.7 Å². The number of nitrogens with one attached hydrogen (secondary N) is 1. The van der Waals surface area contributed by atoms with Gasteiger partial charge in [0.25, 0.3) is 0 Å². The first-order valence-corrected chi connectivity index (χ1v) is 6.17. The smallest absolute Gasteiger partial charge is 0.303 e. The van der Waals surface area contributed by atoms with E-state index in [9.17, 15) is 9.59 Å². The number of amides is 1. The summed E-state index contributed by atoms with van der Waals surface area (Å²) in [4.78, 5) is 22.5. The first kappa shape index (κ1) is 14.5. The lowest BCUT2D eigenvalue weighted by atomic mass is 9.93. The summed E-state index contributed by atoms with van der Waals surface area (Å²) in [6.07, 6.45) is 0.243. The minimum Gasteiger partial charge on any atom is -0.481 e. The van der Waals surface area contributed by atoms with E-state index in [1.165, 1.54) is 0 Å². The van der Waals surface area contributed by atoms with Gasteiger partial charge in [0.15, 0.2) is 0 Å². The van der Waals surface area contributed by atoms with E-state index in [-0.39, 0.29) is 18.7 Å². The van der Waals surface area contributed by atoms with Crippen molar-refractivity contribution in [3.63, 3.8) is 0 Å². The molecule has 5 heteroatoms. The summed E-state index contributed by atoms with van der Waals surface area (Å²) in [7, 11) is 0. The molecule has 0 fully saturated rings. The monoisotopic (exact) mass is 269 g/mol. The van der Waals surface area contributed by atoms with Gasteiger partial charge in [0.2, 0.25) is 5.91 Å². The highest BCUT2D eigenvalue weighted by Gasteiger charge is 2.20. The summed E-state index contributed by atoms with van der Waals surface area (Å²) in [5, 5.41) is 12.0. The van der Waals surface area contributed by atoms with Gasteiger partial charge in [0, 0.05) is 18.0 Å². The number of aliphatic carboxylic acids is 1. The van der Waals surface area contributed by atoms with Crippen LogP contribution in [0.5, 0.6) is 0 Å². The molecule has 0 radical (unpaired) electrons. The largest absolute Gasteiger partial charge is 0.481 e. The Morgan fingerprint density at radius 3 is 2.44 bits per heavy atom. The van der Waals surface area contributed by atoms with Crippen LogP contribution in [0.3, 0.4) is 0 Å². The summed E-state index contributed by atoms with van der Waals surface area (Å²) < 4.78 is 0. The molecule has 1 amide bonds. The number of carboxylic acid groups (broad SMARTS) is 1. The molecule has 0 heterocycles. The minimum absolute atomic E-state index is 0.0373. The number of carboxylic acids is 1. The van der Waals surface area contributed by atoms with E-state index in [0.717, 1.165) is 5.56 Å². The van der Waals surface area contributed by atoms with Gasteiger partial charge in [-0.15, -0.1) is 0 Å². The summed E-state index contributed by atoms with van der Waals surface area (Å²) in [5.74, 6) is -1.50. The average Bonchev–Trinajstić information content (AvgIpc) is 2.31. The molecule has 4 nitrogen and oxygen atoms in total. The lowest BCUT2D eigenvalue weighted by molar-refractivity contribution is -0.137. The molecule has 0 aliphatic rings. The van der Waals surface area contributed by atoms with Crippen molar-refractivity contribution >= 4 is 23.5 Å². The van der Waals surface area contributed by atoms with E-state index in [0.29, 0.717) is 11.6 Å². The summed E-state index contributed by atoms with van der Waals surface area (Å²) in [6, 6.07) is 6.90. The van der Waals surface area contributed by atoms with Crippen molar-refractivity contribution in [1.82, 2.24) is 5.32 Å². The first-order chi connectivity index (χ1) is 8.54. The number of benzene rings is 1. The fourth-order valence-corrected chi connectivity index (χ4v) is 1.84. The predicted octanol–water partition coefficient (Wildman–Crippen LogP) is 2.42. The molecule has 0 aromatic heterocycles. The lowest BCUT2D eigenvalue weighted by Gasteiger charge is -2.15. The highest BCUT2D eigenvalue weighted by Crippen LogP contribution is 2.23. The molecule has 1 unspecified atom stereocenters. The zero-order valence-electron chi connectivity index (χ0n) is 10.1. The van der Waals surface area contributed by atoms with Gasteiger partial charge >= 0.3 is 5.97 Å². The number of rotatable bonds is 6. The molecule has 0 saturated heterocycles. The highest BCUT2D eigenvalue weighted by molar-refractivity contribution is 6.30. The molecule has 18 heavy (non-hydrogen) atoms. The Bertz CT molecular complexity index is 417. The summed E-state index contributed by atoms with van der Waals surface area (Å²) >= 11 is 5.79. The molecule has 1 aromatic rings. The van der Waals surface area contributed by atoms with Gasteiger partial charge < -0.3 is 10.4 Å². The number of carbonyl (C=O) groups excluding carboxylic acids is 1. The van der Waals surface area contributed by atoms with Gasteiger partial charge in [-0.25, -0.2) is 0 Å². The summed E-state index contributed by atoms with van der Waals surface area (Å²) in [6.45, 7) is 2.35. The Morgan fingerprint density at radius 1 is 1.33 bits per heavy atom. The zero-order valence-corrected chi connectivity index (χ0v) is 10.9. The van der Waals surface area contributed by atoms with Gasteiger partial charge in [0.1, 0.15) is 0 Å². The highest BCUT2D eigenvalue weighted by atomic mass is 35.5. The third-order valence-corrected chi connectivity index (χ3v) is 2.84. The van der Waals surface area contributed by atoms with Crippen LogP contribution in [-0.4, -0.2) is 23.5 Å². The second kappa shape index (κ2) is 7.01. The Labute approximate surface area is 111 Å². The van der Waals surface area contributed by atoms with E-state index in [1.807, 2.05) is 6.92 Å². The minimum atomic E-state index is -0.904. The van der Waals surface area contributed by atoms with Crippen LogP contribution in [0, 0.1) is 0 Å². The van der Waals surface area contributed by atoms with Crippen molar-refractivity contribution in [2.75, 3.05) is 6.54 Å².